The summed E-state index contributed by atoms with van der Waals surface area (Å²) < 4.78 is 1.98. The first-order valence-electron chi connectivity index (χ1n) is 5.90. The van der Waals surface area contributed by atoms with Gasteiger partial charge in [-0.3, -0.25) is 0 Å². The van der Waals surface area contributed by atoms with E-state index in [4.69, 9.17) is 5.73 Å². The van der Waals surface area contributed by atoms with E-state index in [9.17, 15) is 0 Å². The Hall–Kier alpha value is -1.81. The van der Waals surface area contributed by atoms with Gasteiger partial charge in [-0.15, -0.1) is 0 Å². The van der Waals surface area contributed by atoms with Crippen molar-refractivity contribution < 1.29 is 0 Å². The van der Waals surface area contributed by atoms with E-state index in [-0.39, 0.29) is 0 Å². The van der Waals surface area contributed by atoms with Crippen molar-refractivity contribution in [1.29, 1.82) is 0 Å². The number of para-hydroxylation sites is 1. The van der Waals surface area contributed by atoms with Gasteiger partial charge in [0.2, 0.25) is 0 Å². The number of hydrogen-bond donors (Lipinski definition) is 2. The summed E-state index contributed by atoms with van der Waals surface area (Å²) in [6.45, 7) is 3.92. The Kier molecular flexibility index (Phi) is 2.37. The highest BCUT2D eigenvalue weighted by Crippen LogP contribution is 2.24. The summed E-state index contributed by atoms with van der Waals surface area (Å²) in [5.74, 6) is 0.671. The van der Waals surface area contributed by atoms with Crippen LogP contribution in [0.25, 0.3) is 5.69 Å². The lowest BCUT2D eigenvalue weighted by molar-refractivity contribution is 0.614. The highest BCUT2D eigenvalue weighted by Gasteiger charge is 2.20. The van der Waals surface area contributed by atoms with Crippen molar-refractivity contribution >= 4 is 5.82 Å². The zero-order chi connectivity index (χ0) is 11.8. The van der Waals surface area contributed by atoms with Crippen molar-refractivity contribution in [3.8, 4) is 5.69 Å². The molecule has 0 saturated heterocycles. The molecular formula is C13H16N4. The molecule has 1 aliphatic heterocycles. The molecular weight excluding hydrogens is 212 g/mol. The predicted molar refractivity (Wildman–Crippen MR) is 68.1 cm³/mol. The molecule has 0 fully saturated rings. The number of rotatable bonds is 1. The number of fused-ring (bicyclic) bond motifs is 1. The zero-order valence-corrected chi connectivity index (χ0v) is 9.90. The molecule has 1 aromatic carbocycles. The summed E-state index contributed by atoms with van der Waals surface area (Å²) in [6.07, 6.45) is 0.965. The quantitative estimate of drug-likeness (QED) is 0.776. The molecule has 0 radical (unpaired) electrons. The van der Waals surface area contributed by atoms with Gasteiger partial charge >= 0.3 is 0 Å². The van der Waals surface area contributed by atoms with E-state index in [0.29, 0.717) is 5.82 Å². The van der Waals surface area contributed by atoms with E-state index in [0.717, 1.165) is 25.2 Å². The summed E-state index contributed by atoms with van der Waals surface area (Å²) in [4.78, 5) is 0. The van der Waals surface area contributed by atoms with Gasteiger partial charge in [-0.05, 0) is 31.5 Å². The second kappa shape index (κ2) is 3.89. The Morgan fingerprint density at radius 1 is 1.35 bits per heavy atom. The molecule has 4 heteroatoms. The fourth-order valence-electron chi connectivity index (χ4n) is 2.38. The summed E-state index contributed by atoms with van der Waals surface area (Å²) in [7, 11) is 0. The Balaban J connectivity index is 2.19. The summed E-state index contributed by atoms with van der Waals surface area (Å²) >= 11 is 0. The van der Waals surface area contributed by atoms with Gasteiger partial charge < -0.3 is 11.1 Å². The molecule has 3 rings (SSSR count). The molecule has 88 valence electrons. The van der Waals surface area contributed by atoms with Gasteiger partial charge in [0.15, 0.2) is 0 Å². The van der Waals surface area contributed by atoms with E-state index in [1.165, 1.54) is 16.8 Å². The van der Waals surface area contributed by atoms with Gasteiger partial charge in [0, 0.05) is 12.1 Å². The van der Waals surface area contributed by atoms with Crippen LogP contribution in [0.1, 0.15) is 16.8 Å². The van der Waals surface area contributed by atoms with E-state index in [2.05, 4.69) is 29.5 Å². The van der Waals surface area contributed by atoms with Crippen molar-refractivity contribution in [3.05, 3.63) is 41.1 Å². The zero-order valence-electron chi connectivity index (χ0n) is 9.90. The van der Waals surface area contributed by atoms with Crippen molar-refractivity contribution in [3.63, 3.8) is 0 Å². The van der Waals surface area contributed by atoms with Crippen molar-refractivity contribution in [2.45, 2.75) is 19.9 Å². The first-order chi connectivity index (χ1) is 8.27. The number of nitrogens with one attached hydrogen (secondary N) is 1. The molecule has 17 heavy (non-hydrogen) atoms. The van der Waals surface area contributed by atoms with Gasteiger partial charge in [-0.1, -0.05) is 18.2 Å². The first-order valence-corrected chi connectivity index (χ1v) is 5.90. The van der Waals surface area contributed by atoms with Crippen LogP contribution in [0.5, 0.6) is 0 Å². The van der Waals surface area contributed by atoms with Gasteiger partial charge in [-0.2, -0.15) is 5.10 Å². The van der Waals surface area contributed by atoms with Crippen LogP contribution in [0, 0.1) is 6.92 Å². The van der Waals surface area contributed by atoms with Crippen LogP contribution < -0.4 is 11.1 Å². The van der Waals surface area contributed by atoms with Crippen LogP contribution in [0.4, 0.5) is 5.82 Å². The minimum absolute atomic E-state index is 0.671. The average Bonchev–Trinajstić information content (AvgIpc) is 2.68. The Bertz CT molecular complexity index is 557. The number of aryl methyl sites for hydroxylation is 1. The standard InChI is InChI=1S/C13H16N4/c1-9-4-2-3-5-11(9)17-12-8-15-7-6-10(12)13(14)16-17/h2-5,15H,6-8H2,1H3,(H2,14,16). The number of nitrogens with zero attached hydrogens (tertiary/aromatic N) is 2. The topological polar surface area (TPSA) is 55.9 Å². The monoisotopic (exact) mass is 228 g/mol. The molecule has 0 atom stereocenters. The normalized spacial score (nSPS) is 14.6. The van der Waals surface area contributed by atoms with Gasteiger partial charge in [-0.25, -0.2) is 4.68 Å². The number of aromatic nitrogens is 2. The summed E-state index contributed by atoms with van der Waals surface area (Å²) in [5.41, 5.74) is 10.7. The van der Waals surface area contributed by atoms with Crippen LogP contribution in [0.15, 0.2) is 24.3 Å². The molecule has 3 N–H and O–H groups in total. The number of benzene rings is 1. The Labute approximate surface area is 100 Å². The molecule has 0 aliphatic carbocycles. The van der Waals surface area contributed by atoms with Crippen molar-refractivity contribution in [2.24, 2.45) is 0 Å². The smallest absolute Gasteiger partial charge is 0.149 e. The molecule has 0 amide bonds. The molecule has 0 saturated carbocycles. The van der Waals surface area contributed by atoms with Crippen LogP contribution in [0.2, 0.25) is 0 Å². The highest BCUT2D eigenvalue weighted by molar-refractivity contribution is 5.50. The second-order valence-corrected chi connectivity index (χ2v) is 4.44. The van der Waals surface area contributed by atoms with E-state index in [1.807, 2.05) is 16.8 Å². The van der Waals surface area contributed by atoms with Crippen molar-refractivity contribution in [1.82, 2.24) is 15.1 Å². The molecule has 2 aromatic rings. The minimum Gasteiger partial charge on any atom is -0.382 e. The van der Waals surface area contributed by atoms with Crippen molar-refractivity contribution in [2.75, 3.05) is 12.3 Å². The van der Waals surface area contributed by atoms with E-state index >= 15 is 0 Å². The molecule has 4 nitrogen and oxygen atoms in total. The number of hydrogen-bond acceptors (Lipinski definition) is 3. The van der Waals surface area contributed by atoms with E-state index < -0.39 is 0 Å². The van der Waals surface area contributed by atoms with Gasteiger partial charge in [0.1, 0.15) is 5.82 Å². The van der Waals surface area contributed by atoms with Crippen LogP contribution in [-0.4, -0.2) is 16.3 Å². The lowest BCUT2D eigenvalue weighted by Gasteiger charge is -2.16. The Morgan fingerprint density at radius 3 is 3.00 bits per heavy atom. The minimum atomic E-state index is 0.671. The average molecular weight is 228 g/mol. The van der Waals surface area contributed by atoms with Crippen LogP contribution >= 0.6 is 0 Å². The lowest BCUT2D eigenvalue weighted by Crippen LogP contribution is -2.25. The SMILES string of the molecule is Cc1ccccc1-n1nc(N)c2c1CNCC2. The fraction of sp³-hybridized carbons (Fsp3) is 0.308. The number of anilines is 1. The van der Waals surface area contributed by atoms with Gasteiger partial charge in [0.25, 0.3) is 0 Å². The summed E-state index contributed by atoms with van der Waals surface area (Å²) in [6, 6.07) is 8.24. The first kappa shape index (κ1) is 10.4. The maximum Gasteiger partial charge on any atom is 0.149 e. The lowest BCUT2D eigenvalue weighted by atomic mass is 10.1. The largest absolute Gasteiger partial charge is 0.382 e. The molecule has 0 spiro atoms. The third-order valence-corrected chi connectivity index (χ3v) is 3.31. The second-order valence-electron chi connectivity index (χ2n) is 4.44. The van der Waals surface area contributed by atoms with Crippen LogP contribution in [0.3, 0.4) is 0 Å². The predicted octanol–water partition coefficient (Wildman–Crippen LogP) is 1.41. The fourth-order valence-corrected chi connectivity index (χ4v) is 2.38. The molecule has 0 unspecified atom stereocenters. The maximum atomic E-state index is 5.99. The molecule has 1 aliphatic rings. The maximum absolute atomic E-state index is 5.99. The number of nitrogen functional groups attached to an aromatic ring is 1. The third-order valence-electron chi connectivity index (χ3n) is 3.31. The molecule has 0 bridgehead atoms. The highest BCUT2D eigenvalue weighted by atomic mass is 15.3. The third kappa shape index (κ3) is 1.61. The van der Waals surface area contributed by atoms with Gasteiger partial charge in [0.05, 0.1) is 11.4 Å². The molecule has 1 aromatic heterocycles. The summed E-state index contributed by atoms with van der Waals surface area (Å²) in [5, 5.41) is 7.85. The van der Waals surface area contributed by atoms with E-state index in [1.54, 1.807) is 0 Å². The molecule has 2 heterocycles. The van der Waals surface area contributed by atoms with Crippen LogP contribution in [-0.2, 0) is 13.0 Å². The number of nitrogens with two attached hydrogens (primary N) is 1. The Morgan fingerprint density at radius 2 is 2.18 bits per heavy atom.